The van der Waals surface area contributed by atoms with E-state index in [0.717, 1.165) is 5.56 Å². The molecule has 0 atom stereocenters. The van der Waals surface area contributed by atoms with Gasteiger partial charge in [0.25, 0.3) is 5.91 Å². The van der Waals surface area contributed by atoms with E-state index in [0.29, 0.717) is 56.2 Å². The molecule has 1 aromatic heterocycles. The van der Waals surface area contributed by atoms with Crippen LogP contribution in [0.5, 0.6) is 0 Å². The van der Waals surface area contributed by atoms with Crippen LogP contribution in [0.4, 0.5) is 5.82 Å². The molecule has 1 aliphatic rings. The number of pyridine rings is 1. The monoisotopic (exact) mass is 441 g/mol. The maximum absolute atomic E-state index is 13.2. The van der Waals surface area contributed by atoms with Crippen molar-refractivity contribution < 1.29 is 13.2 Å². The van der Waals surface area contributed by atoms with Crippen LogP contribution in [0.2, 0.25) is 0 Å². The van der Waals surface area contributed by atoms with Crippen LogP contribution in [0.25, 0.3) is 0 Å². The van der Waals surface area contributed by atoms with E-state index in [1.54, 1.807) is 49.2 Å². The molecule has 0 spiro atoms. The highest BCUT2D eigenvalue weighted by molar-refractivity contribution is 7.89. The molecule has 2 aromatic rings. The highest BCUT2D eigenvalue weighted by Crippen LogP contribution is 2.23. The summed E-state index contributed by atoms with van der Waals surface area (Å²) in [7, 11) is -3.64. The molecule has 0 aliphatic carbocycles. The quantitative estimate of drug-likeness (QED) is 0.682. The van der Waals surface area contributed by atoms with Gasteiger partial charge in [0.05, 0.1) is 10.5 Å². The molecule has 0 saturated carbocycles. The Balaban J connectivity index is 1.79. The Morgan fingerprint density at radius 2 is 1.84 bits per heavy atom. The van der Waals surface area contributed by atoms with Crippen LogP contribution in [0.3, 0.4) is 0 Å². The summed E-state index contributed by atoms with van der Waals surface area (Å²) in [5.41, 5.74) is 1.65. The number of carbonyl (C=O) groups excluding carboxylic acids is 1. The van der Waals surface area contributed by atoms with Gasteiger partial charge < -0.3 is 9.80 Å². The Kier molecular flexibility index (Phi) is 6.93. The smallest absolute Gasteiger partial charge is 0.254 e. The topological polar surface area (TPSA) is 97.6 Å². The zero-order valence-corrected chi connectivity index (χ0v) is 18.9. The molecule has 1 amide bonds. The molecule has 164 valence electrons. The standard InChI is InChI=1S/C22H27N5O3S/c1-4-27(5-2)31(29,30)19-9-8-17(3)20(15-19)22(28)26-13-11-25(12-14-26)21-18(16-23)7-6-10-24-21/h6-10,15H,4-5,11-14H2,1-3H3. The van der Waals surface area contributed by atoms with Crippen LogP contribution in [-0.2, 0) is 10.0 Å². The average Bonchev–Trinajstić information content (AvgIpc) is 2.79. The third-order valence-electron chi connectivity index (χ3n) is 5.56. The van der Waals surface area contributed by atoms with E-state index >= 15 is 0 Å². The second kappa shape index (κ2) is 9.45. The number of hydrogen-bond acceptors (Lipinski definition) is 6. The van der Waals surface area contributed by atoms with E-state index < -0.39 is 10.0 Å². The number of benzene rings is 1. The van der Waals surface area contributed by atoms with E-state index in [1.165, 1.54) is 10.4 Å². The molecule has 3 rings (SSSR count). The van der Waals surface area contributed by atoms with Gasteiger partial charge in [0, 0.05) is 51.0 Å². The summed E-state index contributed by atoms with van der Waals surface area (Å²) in [5.74, 6) is 0.441. The van der Waals surface area contributed by atoms with Gasteiger partial charge in [-0.25, -0.2) is 13.4 Å². The summed E-state index contributed by atoms with van der Waals surface area (Å²) >= 11 is 0. The number of nitrogens with zero attached hydrogens (tertiary/aromatic N) is 5. The van der Waals surface area contributed by atoms with Gasteiger partial charge in [-0.2, -0.15) is 9.57 Å². The molecule has 0 unspecified atom stereocenters. The van der Waals surface area contributed by atoms with Crippen LogP contribution in [0.1, 0.15) is 35.3 Å². The molecule has 0 radical (unpaired) electrons. The zero-order valence-electron chi connectivity index (χ0n) is 18.1. The molecular formula is C22H27N5O3S. The van der Waals surface area contributed by atoms with E-state index in [1.807, 2.05) is 11.8 Å². The maximum atomic E-state index is 13.2. The Morgan fingerprint density at radius 1 is 1.16 bits per heavy atom. The Bertz CT molecular complexity index is 1100. The third-order valence-corrected chi connectivity index (χ3v) is 7.60. The lowest BCUT2D eigenvalue weighted by molar-refractivity contribution is 0.0745. The van der Waals surface area contributed by atoms with Crippen LogP contribution < -0.4 is 4.90 Å². The second-order valence-corrected chi connectivity index (χ2v) is 9.27. The minimum Gasteiger partial charge on any atom is -0.352 e. The first-order valence-electron chi connectivity index (χ1n) is 10.3. The number of amides is 1. The van der Waals surface area contributed by atoms with Crippen molar-refractivity contribution in [2.45, 2.75) is 25.7 Å². The van der Waals surface area contributed by atoms with Gasteiger partial charge in [0.2, 0.25) is 10.0 Å². The lowest BCUT2D eigenvalue weighted by Crippen LogP contribution is -2.49. The van der Waals surface area contributed by atoms with Gasteiger partial charge in [0.15, 0.2) is 0 Å². The van der Waals surface area contributed by atoms with Crippen molar-refractivity contribution in [2.24, 2.45) is 0 Å². The Hall–Kier alpha value is -2.96. The summed E-state index contributed by atoms with van der Waals surface area (Å²) in [6.07, 6.45) is 1.65. The Morgan fingerprint density at radius 3 is 2.45 bits per heavy atom. The van der Waals surface area contributed by atoms with E-state index in [-0.39, 0.29) is 10.8 Å². The number of aromatic nitrogens is 1. The predicted octanol–water partition coefficient (Wildman–Crippen LogP) is 2.25. The first kappa shape index (κ1) is 22.7. The second-order valence-electron chi connectivity index (χ2n) is 7.33. The van der Waals surface area contributed by atoms with Gasteiger partial charge >= 0.3 is 0 Å². The summed E-state index contributed by atoms with van der Waals surface area (Å²) in [5, 5.41) is 9.30. The lowest BCUT2D eigenvalue weighted by atomic mass is 10.1. The summed E-state index contributed by atoms with van der Waals surface area (Å²) in [4.78, 5) is 21.4. The lowest BCUT2D eigenvalue weighted by Gasteiger charge is -2.36. The molecule has 0 bridgehead atoms. The molecule has 1 fully saturated rings. The van der Waals surface area contributed by atoms with Crippen molar-refractivity contribution in [2.75, 3.05) is 44.2 Å². The summed E-state index contributed by atoms with van der Waals surface area (Å²) in [6.45, 7) is 8.16. The highest BCUT2D eigenvalue weighted by atomic mass is 32.2. The van der Waals surface area contributed by atoms with Crippen molar-refractivity contribution in [1.29, 1.82) is 5.26 Å². The first-order valence-corrected chi connectivity index (χ1v) is 11.8. The molecule has 1 saturated heterocycles. The van der Waals surface area contributed by atoms with Gasteiger partial charge in [-0.1, -0.05) is 19.9 Å². The molecule has 31 heavy (non-hydrogen) atoms. The van der Waals surface area contributed by atoms with Crippen molar-refractivity contribution in [1.82, 2.24) is 14.2 Å². The molecule has 8 nitrogen and oxygen atoms in total. The van der Waals surface area contributed by atoms with E-state index in [9.17, 15) is 18.5 Å². The molecular weight excluding hydrogens is 414 g/mol. The fourth-order valence-corrected chi connectivity index (χ4v) is 5.22. The fraction of sp³-hybridized carbons (Fsp3) is 0.409. The maximum Gasteiger partial charge on any atom is 0.254 e. The fourth-order valence-electron chi connectivity index (χ4n) is 3.73. The predicted molar refractivity (Wildman–Crippen MR) is 118 cm³/mol. The van der Waals surface area contributed by atoms with E-state index in [2.05, 4.69) is 11.1 Å². The van der Waals surface area contributed by atoms with Crippen molar-refractivity contribution >= 4 is 21.7 Å². The molecule has 1 aliphatic heterocycles. The summed E-state index contributed by atoms with van der Waals surface area (Å²) in [6, 6.07) is 10.3. The number of aryl methyl sites for hydroxylation is 1. The van der Waals surface area contributed by atoms with Gasteiger partial charge in [-0.3, -0.25) is 4.79 Å². The van der Waals surface area contributed by atoms with Crippen LogP contribution >= 0.6 is 0 Å². The van der Waals surface area contributed by atoms with Crippen LogP contribution in [0, 0.1) is 18.3 Å². The van der Waals surface area contributed by atoms with Crippen molar-refractivity contribution in [3.8, 4) is 6.07 Å². The van der Waals surface area contributed by atoms with Crippen LogP contribution in [0.15, 0.2) is 41.4 Å². The minimum absolute atomic E-state index is 0.135. The number of anilines is 1. The number of sulfonamides is 1. The number of piperazine rings is 1. The molecule has 1 aromatic carbocycles. The number of nitriles is 1. The molecule has 9 heteroatoms. The number of hydrogen-bond donors (Lipinski definition) is 0. The zero-order chi connectivity index (χ0) is 22.6. The van der Waals surface area contributed by atoms with Gasteiger partial charge in [-0.05, 0) is 36.8 Å². The third kappa shape index (κ3) is 4.55. The van der Waals surface area contributed by atoms with Crippen molar-refractivity contribution in [3.05, 3.63) is 53.2 Å². The normalized spacial score (nSPS) is 14.5. The van der Waals surface area contributed by atoms with Crippen molar-refractivity contribution in [3.63, 3.8) is 0 Å². The van der Waals surface area contributed by atoms with Gasteiger partial charge in [0.1, 0.15) is 11.9 Å². The van der Waals surface area contributed by atoms with E-state index in [4.69, 9.17) is 0 Å². The average molecular weight is 442 g/mol. The molecule has 0 N–H and O–H groups in total. The molecule has 2 heterocycles. The number of rotatable bonds is 6. The summed E-state index contributed by atoms with van der Waals surface area (Å²) < 4.78 is 27.1. The first-order chi connectivity index (χ1) is 14.8. The highest BCUT2D eigenvalue weighted by Gasteiger charge is 2.27. The SMILES string of the molecule is CCN(CC)S(=O)(=O)c1ccc(C)c(C(=O)N2CCN(c3ncccc3C#N)CC2)c1. The number of carbonyl (C=O) groups is 1. The Labute approximate surface area is 183 Å². The largest absolute Gasteiger partial charge is 0.352 e. The minimum atomic E-state index is -3.64. The van der Waals surface area contributed by atoms with Crippen LogP contribution in [-0.4, -0.2) is 67.8 Å². The van der Waals surface area contributed by atoms with Gasteiger partial charge in [-0.15, -0.1) is 0 Å².